The fourth-order valence-corrected chi connectivity index (χ4v) is 2.86. The summed E-state index contributed by atoms with van der Waals surface area (Å²) in [4.78, 5) is 23.4. The number of esters is 1. The number of ether oxygens (including phenoxy) is 1. The number of rotatable bonds is 6. The van der Waals surface area contributed by atoms with Crippen molar-refractivity contribution in [3.63, 3.8) is 0 Å². The van der Waals surface area contributed by atoms with E-state index < -0.39 is 30.1 Å². The summed E-state index contributed by atoms with van der Waals surface area (Å²) >= 11 is 6.78. The smallest absolute Gasteiger partial charge is 0.316 e. The van der Waals surface area contributed by atoms with Gasteiger partial charge in [0.15, 0.2) is 6.61 Å². The zero-order valence-corrected chi connectivity index (χ0v) is 14.7. The molecule has 0 radical (unpaired) electrons. The first-order valence-electron chi connectivity index (χ1n) is 7.14. The molecule has 0 aliphatic rings. The average Bonchev–Trinajstić information content (AvgIpc) is 2.56. The molecule has 0 spiro atoms. The molecular formula is C17H14ClF2NO3S. The molecule has 0 heterocycles. The predicted octanol–water partition coefficient (Wildman–Crippen LogP) is 4.20. The van der Waals surface area contributed by atoms with Crippen LogP contribution < -0.4 is 5.32 Å². The minimum absolute atomic E-state index is 0.00663. The van der Waals surface area contributed by atoms with Crippen molar-refractivity contribution in [1.29, 1.82) is 0 Å². The van der Waals surface area contributed by atoms with E-state index in [-0.39, 0.29) is 10.6 Å². The molecule has 0 aliphatic carbocycles. The van der Waals surface area contributed by atoms with E-state index in [0.29, 0.717) is 10.7 Å². The van der Waals surface area contributed by atoms with E-state index in [9.17, 15) is 18.4 Å². The van der Waals surface area contributed by atoms with Crippen LogP contribution in [-0.2, 0) is 14.3 Å². The van der Waals surface area contributed by atoms with Gasteiger partial charge in [-0.2, -0.15) is 0 Å². The first-order valence-corrected chi connectivity index (χ1v) is 8.51. The maximum absolute atomic E-state index is 13.4. The van der Waals surface area contributed by atoms with E-state index in [2.05, 4.69) is 5.32 Å². The fraction of sp³-hybridized carbons (Fsp3) is 0.176. The molecule has 2 aromatic carbocycles. The van der Waals surface area contributed by atoms with Crippen LogP contribution in [0, 0.1) is 18.6 Å². The summed E-state index contributed by atoms with van der Waals surface area (Å²) in [6, 6.07) is 8.05. The third-order valence-electron chi connectivity index (χ3n) is 3.00. The van der Waals surface area contributed by atoms with Crippen molar-refractivity contribution in [2.45, 2.75) is 11.8 Å². The van der Waals surface area contributed by atoms with Gasteiger partial charge >= 0.3 is 5.97 Å². The van der Waals surface area contributed by atoms with Gasteiger partial charge in [-0.15, -0.1) is 11.8 Å². The molecule has 0 unspecified atom stereocenters. The Balaban J connectivity index is 1.79. The molecule has 0 aliphatic heterocycles. The van der Waals surface area contributed by atoms with Crippen molar-refractivity contribution in [3.8, 4) is 0 Å². The van der Waals surface area contributed by atoms with E-state index in [1.165, 1.54) is 0 Å². The van der Waals surface area contributed by atoms with Gasteiger partial charge in [0.1, 0.15) is 11.6 Å². The van der Waals surface area contributed by atoms with Crippen LogP contribution in [0.15, 0.2) is 41.3 Å². The van der Waals surface area contributed by atoms with E-state index in [4.69, 9.17) is 16.3 Å². The van der Waals surface area contributed by atoms with Gasteiger partial charge in [-0.1, -0.05) is 17.7 Å². The van der Waals surface area contributed by atoms with Crippen molar-refractivity contribution in [3.05, 3.63) is 58.6 Å². The fourth-order valence-electron chi connectivity index (χ4n) is 1.82. The van der Waals surface area contributed by atoms with Gasteiger partial charge in [0.25, 0.3) is 5.91 Å². The van der Waals surface area contributed by atoms with Crippen LogP contribution in [0.25, 0.3) is 0 Å². The number of benzene rings is 2. The molecule has 1 N–H and O–H groups in total. The van der Waals surface area contributed by atoms with Crippen LogP contribution in [0.2, 0.25) is 5.02 Å². The van der Waals surface area contributed by atoms with Crippen molar-refractivity contribution in [1.82, 2.24) is 0 Å². The third kappa shape index (κ3) is 6.03. The number of hydrogen-bond acceptors (Lipinski definition) is 4. The van der Waals surface area contributed by atoms with Gasteiger partial charge in [0.05, 0.1) is 16.5 Å². The minimum Gasteiger partial charge on any atom is -0.455 e. The summed E-state index contributed by atoms with van der Waals surface area (Å²) < 4.78 is 31.3. The molecule has 0 saturated heterocycles. The lowest BCUT2D eigenvalue weighted by Gasteiger charge is -2.09. The maximum atomic E-state index is 13.4. The standard InChI is InChI=1S/C17H14ClF2NO3S/c1-10-2-5-14(12(18)6-10)21-16(22)8-24-17(23)9-25-15-7-11(19)3-4-13(15)20/h2-7H,8-9H2,1H3,(H,21,22). The highest BCUT2D eigenvalue weighted by atomic mass is 35.5. The third-order valence-corrected chi connectivity index (χ3v) is 4.32. The highest BCUT2D eigenvalue weighted by Gasteiger charge is 2.12. The number of halogens is 3. The highest BCUT2D eigenvalue weighted by molar-refractivity contribution is 8.00. The first-order chi connectivity index (χ1) is 11.8. The molecule has 0 bridgehead atoms. The molecule has 2 aromatic rings. The highest BCUT2D eigenvalue weighted by Crippen LogP contribution is 2.23. The molecule has 0 fully saturated rings. The second-order valence-electron chi connectivity index (χ2n) is 5.06. The van der Waals surface area contributed by atoms with E-state index in [1.807, 2.05) is 6.92 Å². The number of aryl methyl sites for hydroxylation is 1. The van der Waals surface area contributed by atoms with Crippen LogP contribution in [-0.4, -0.2) is 24.2 Å². The lowest BCUT2D eigenvalue weighted by Crippen LogP contribution is -2.21. The average molecular weight is 386 g/mol. The minimum atomic E-state index is -0.723. The molecular weight excluding hydrogens is 372 g/mol. The molecule has 25 heavy (non-hydrogen) atoms. The van der Waals surface area contributed by atoms with Crippen molar-refractivity contribution >= 4 is 40.9 Å². The molecule has 132 valence electrons. The largest absolute Gasteiger partial charge is 0.455 e. The van der Waals surface area contributed by atoms with Gasteiger partial charge in [-0.05, 0) is 42.8 Å². The monoisotopic (exact) mass is 385 g/mol. The Hall–Kier alpha value is -2.12. The summed E-state index contributed by atoms with van der Waals surface area (Å²) in [5.41, 5.74) is 1.35. The molecule has 8 heteroatoms. The summed E-state index contributed by atoms with van der Waals surface area (Å²) in [5.74, 6) is -2.77. The van der Waals surface area contributed by atoms with E-state index >= 15 is 0 Å². The van der Waals surface area contributed by atoms with Crippen LogP contribution >= 0.6 is 23.4 Å². The number of amides is 1. The Morgan fingerprint density at radius 3 is 2.68 bits per heavy atom. The SMILES string of the molecule is Cc1ccc(NC(=O)COC(=O)CSc2cc(F)ccc2F)c(Cl)c1. The van der Waals surface area contributed by atoms with Gasteiger partial charge in [0.2, 0.25) is 0 Å². The van der Waals surface area contributed by atoms with Gasteiger partial charge in [-0.25, -0.2) is 8.78 Å². The summed E-state index contributed by atoms with van der Waals surface area (Å²) in [5, 5.41) is 2.89. The normalized spacial score (nSPS) is 10.4. The molecule has 4 nitrogen and oxygen atoms in total. The number of thioether (sulfide) groups is 1. The summed E-state index contributed by atoms with van der Waals surface area (Å²) in [7, 11) is 0. The number of nitrogens with one attached hydrogen (secondary N) is 1. The molecule has 0 atom stereocenters. The summed E-state index contributed by atoms with van der Waals surface area (Å²) in [6.45, 7) is 1.35. The van der Waals surface area contributed by atoms with Crippen molar-refractivity contribution in [2.24, 2.45) is 0 Å². The Kier molecular flexibility index (Phi) is 6.78. The number of hydrogen-bond donors (Lipinski definition) is 1. The zero-order valence-electron chi connectivity index (χ0n) is 13.1. The van der Waals surface area contributed by atoms with Crippen LogP contribution in [0.4, 0.5) is 14.5 Å². The van der Waals surface area contributed by atoms with Crippen molar-refractivity contribution in [2.75, 3.05) is 17.7 Å². The topological polar surface area (TPSA) is 55.4 Å². The zero-order chi connectivity index (χ0) is 18.4. The first kappa shape index (κ1) is 19.2. The second-order valence-corrected chi connectivity index (χ2v) is 6.48. The van der Waals surface area contributed by atoms with Gasteiger partial charge in [0, 0.05) is 4.90 Å². The molecule has 0 aromatic heterocycles. The number of anilines is 1. The Labute approximate surface area is 152 Å². The molecule has 1 amide bonds. The van der Waals surface area contributed by atoms with E-state index in [0.717, 1.165) is 35.5 Å². The summed E-state index contributed by atoms with van der Waals surface area (Å²) in [6.07, 6.45) is 0. The van der Waals surface area contributed by atoms with Gasteiger partial charge in [-0.3, -0.25) is 9.59 Å². The lowest BCUT2D eigenvalue weighted by molar-refractivity contribution is -0.144. The number of carbonyl (C=O) groups is 2. The number of carbonyl (C=O) groups excluding carboxylic acids is 2. The lowest BCUT2D eigenvalue weighted by atomic mass is 10.2. The maximum Gasteiger partial charge on any atom is 0.316 e. The van der Waals surface area contributed by atoms with Crippen LogP contribution in [0.5, 0.6) is 0 Å². The van der Waals surface area contributed by atoms with Crippen molar-refractivity contribution < 1.29 is 23.1 Å². The predicted molar refractivity (Wildman–Crippen MR) is 92.9 cm³/mol. The van der Waals surface area contributed by atoms with Crippen LogP contribution in [0.1, 0.15) is 5.56 Å². The molecule has 2 rings (SSSR count). The second kappa shape index (κ2) is 8.82. The van der Waals surface area contributed by atoms with Crippen LogP contribution in [0.3, 0.4) is 0 Å². The Morgan fingerprint density at radius 2 is 1.96 bits per heavy atom. The Morgan fingerprint density at radius 1 is 1.20 bits per heavy atom. The quantitative estimate of drug-likeness (QED) is 0.598. The van der Waals surface area contributed by atoms with E-state index in [1.54, 1.807) is 18.2 Å². The molecule has 0 saturated carbocycles. The Bertz CT molecular complexity index is 801. The van der Waals surface area contributed by atoms with Gasteiger partial charge < -0.3 is 10.1 Å².